The van der Waals surface area contributed by atoms with Crippen LogP contribution in [0.3, 0.4) is 0 Å². The van der Waals surface area contributed by atoms with E-state index in [4.69, 9.17) is 4.74 Å². The van der Waals surface area contributed by atoms with Crippen molar-refractivity contribution in [2.45, 2.75) is 51.0 Å². The van der Waals surface area contributed by atoms with E-state index in [0.717, 1.165) is 62.3 Å². The van der Waals surface area contributed by atoms with Gasteiger partial charge in [-0.1, -0.05) is 43.5 Å². The molecule has 0 bridgehead atoms. The molecule has 1 aliphatic heterocycles. The van der Waals surface area contributed by atoms with Gasteiger partial charge < -0.3 is 10.1 Å². The monoisotopic (exact) mass is 438 g/mol. The summed E-state index contributed by atoms with van der Waals surface area (Å²) in [5, 5.41) is 3.33. The third-order valence-corrected chi connectivity index (χ3v) is 7.92. The summed E-state index contributed by atoms with van der Waals surface area (Å²) in [6.45, 7) is 5.38. The van der Waals surface area contributed by atoms with Crippen LogP contribution in [0.2, 0.25) is 0 Å². The predicted molar refractivity (Wildman–Crippen MR) is 130 cm³/mol. The number of anilines is 1. The fourth-order valence-corrected chi connectivity index (χ4v) is 5.92. The third kappa shape index (κ3) is 4.93. The van der Waals surface area contributed by atoms with Crippen LogP contribution in [0.1, 0.15) is 48.8 Å². The summed E-state index contributed by atoms with van der Waals surface area (Å²) >= 11 is 2.03. The Hall–Kier alpha value is -1.98. The average Bonchev–Trinajstić information content (AvgIpc) is 2.83. The van der Waals surface area contributed by atoms with Crippen molar-refractivity contribution in [3.63, 3.8) is 0 Å². The van der Waals surface area contributed by atoms with Crippen molar-refractivity contribution in [1.29, 1.82) is 0 Å². The lowest BCUT2D eigenvalue weighted by atomic mass is 9.68. The summed E-state index contributed by atoms with van der Waals surface area (Å²) in [5.74, 6) is 3.38. The Morgan fingerprint density at radius 1 is 1.06 bits per heavy atom. The van der Waals surface area contributed by atoms with Crippen LogP contribution in [0.25, 0.3) is 0 Å². The molecule has 2 aromatic carbocycles. The zero-order valence-corrected chi connectivity index (χ0v) is 19.6. The fraction of sp³-hybridized carbons (Fsp3) is 0.500. The van der Waals surface area contributed by atoms with E-state index in [-0.39, 0.29) is 5.91 Å². The minimum Gasteiger partial charge on any atom is -0.497 e. The van der Waals surface area contributed by atoms with E-state index in [2.05, 4.69) is 41.4 Å². The predicted octanol–water partition coefficient (Wildman–Crippen LogP) is 5.39. The Kier molecular flexibility index (Phi) is 7.24. The molecule has 1 saturated carbocycles. The lowest BCUT2D eigenvalue weighted by Gasteiger charge is -2.36. The van der Waals surface area contributed by atoms with Gasteiger partial charge in [0.25, 0.3) is 0 Å². The van der Waals surface area contributed by atoms with Crippen LogP contribution in [0.4, 0.5) is 5.69 Å². The van der Waals surface area contributed by atoms with Crippen molar-refractivity contribution in [1.82, 2.24) is 4.90 Å². The maximum atomic E-state index is 13.7. The van der Waals surface area contributed by atoms with Crippen LogP contribution in [-0.2, 0) is 16.8 Å². The number of thioether (sulfide) groups is 1. The van der Waals surface area contributed by atoms with Gasteiger partial charge in [-0.15, -0.1) is 0 Å². The molecule has 0 aromatic heterocycles. The number of benzene rings is 2. The number of carbonyl (C=O) groups is 1. The molecule has 0 unspecified atom stereocenters. The number of nitrogens with zero attached hydrogens (tertiary/aromatic N) is 1. The van der Waals surface area contributed by atoms with Gasteiger partial charge in [-0.05, 0) is 54.7 Å². The molecule has 166 valence electrons. The molecular weight excluding hydrogens is 404 g/mol. The summed E-state index contributed by atoms with van der Waals surface area (Å²) in [6.07, 6.45) is 5.18. The average molecular weight is 439 g/mol. The second kappa shape index (κ2) is 10.1. The maximum Gasteiger partial charge on any atom is 0.235 e. The molecule has 1 N–H and O–H groups in total. The van der Waals surface area contributed by atoms with Crippen molar-refractivity contribution in [3.05, 3.63) is 59.2 Å². The molecule has 0 atom stereocenters. The number of ether oxygens (including phenoxy) is 1. The van der Waals surface area contributed by atoms with E-state index >= 15 is 0 Å². The van der Waals surface area contributed by atoms with Crippen LogP contribution in [0.15, 0.2) is 42.5 Å². The van der Waals surface area contributed by atoms with Gasteiger partial charge in [0.2, 0.25) is 5.91 Å². The second-order valence-electron chi connectivity index (χ2n) is 8.80. The van der Waals surface area contributed by atoms with Crippen LogP contribution in [0.5, 0.6) is 5.75 Å². The van der Waals surface area contributed by atoms with Gasteiger partial charge in [-0.2, -0.15) is 11.8 Å². The number of amides is 1. The van der Waals surface area contributed by atoms with E-state index in [1.54, 1.807) is 7.11 Å². The molecule has 0 radical (unpaired) electrons. The Morgan fingerprint density at radius 2 is 1.77 bits per heavy atom. The molecule has 0 spiro atoms. The molecule has 1 heterocycles. The lowest BCUT2D eigenvalue weighted by Crippen LogP contribution is -2.42. The summed E-state index contributed by atoms with van der Waals surface area (Å²) in [7, 11) is 1.68. The first-order valence-electron chi connectivity index (χ1n) is 11.5. The number of hydrogen-bond donors (Lipinski definition) is 1. The summed E-state index contributed by atoms with van der Waals surface area (Å²) in [6, 6.07) is 14.4. The Labute approximate surface area is 190 Å². The van der Waals surface area contributed by atoms with Crippen molar-refractivity contribution < 1.29 is 9.53 Å². The van der Waals surface area contributed by atoms with Gasteiger partial charge >= 0.3 is 0 Å². The zero-order chi connectivity index (χ0) is 21.7. The maximum absolute atomic E-state index is 13.7. The summed E-state index contributed by atoms with van der Waals surface area (Å²) < 4.78 is 5.33. The highest BCUT2D eigenvalue weighted by Gasteiger charge is 2.41. The fourth-order valence-electron chi connectivity index (χ4n) is 4.94. The van der Waals surface area contributed by atoms with Crippen molar-refractivity contribution >= 4 is 23.4 Å². The molecule has 1 amide bonds. The van der Waals surface area contributed by atoms with E-state index < -0.39 is 5.41 Å². The van der Waals surface area contributed by atoms with Gasteiger partial charge in [-0.3, -0.25) is 9.69 Å². The van der Waals surface area contributed by atoms with Gasteiger partial charge in [0.1, 0.15) is 5.75 Å². The molecular formula is C26H34N2O2S. The van der Waals surface area contributed by atoms with Crippen LogP contribution in [-0.4, -0.2) is 42.5 Å². The molecule has 4 nitrogen and oxygen atoms in total. The molecule has 1 saturated heterocycles. The molecule has 2 aliphatic rings. The third-order valence-electron chi connectivity index (χ3n) is 6.98. The van der Waals surface area contributed by atoms with E-state index in [9.17, 15) is 4.79 Å². The van der Waals surface area contributed by atoms with E-state index in [1.165, 1.54) is 29.1 Å². The standard InChI is InChI=1S/C26H34N2O2S/c1-20-21(19-28-15-17-31-18-16-28)7-6-8-24(20)27-25(29)26(13-4-3-5-14-26)22-9-11-23(30-2)12-10-22/h6-12H,3-5,13-19H2,1-2H3,(H,27,29). The van der Waals surface area contributed by atoms with Gasteiger partial charge in [0, 0.05) is 36.8 Å². The van der Waals surface area contributed by atoms with Crippen LogP contribution in [0, 0.1) is 6.92 Å². The van der Waals surface area contributed by atoms with E-state index in [1.807, 2.05) is 30.0 Å². The number of carbonyl (C=O) groups excluding carboxylic acids is 1. The number of nitrogens with one attached hydrogen (secondary N) is 1. The highest BCUT2D eigenvalue weighted by Crippen LogP contribution is 2.41. The normalized spacial score (nSPS) is 19.0. The van der Waals surface area contributed by atoms with Crippen LogP contribution >= 0.6 is 11.8 Å². The molecule has 1 aliphatic carbocycles. The summed E-state index contributed by atoms with van der Waals surface area (Å²) in [5.41, 5.74) is 4.09. The SMILES string of the molecule is COc1ccc(C2(C(=O)Nc3cccc(CN4CCSCC4)c3C)CCCCC2)cc1. The first-order chi connectivity index (χ1) is 15.1. The highest BCUT2D eigenvalue weighted by molar-refractivity contribution is 7.99. The van der Waals surface area contributed by atoms with E-state index in [0.29, 0.717) is 0 Å². The Morgan fingerprint density at radius 3 is 2.45 bits per heavy atom. The quantitative estimate of drug-likeness (QED) is 0.656. The largest absolute Gasteiger partial charge is 0.497 e. The molecule has 5 heteroatoms. The number of methoxy groups -OCH3 is 1. The lowest BCUT2D eigenvalue weighted by molar-refractivity contribution is -0.122. The molecule has 4 rings (SSSR count). The Balaban J connectivity index is 1.56. The molecule has 2 fully saturated rings. The zero-order valence-electron chi connectivity index (χ0n) is 18.8. The number of rotatable bonds is 6. The minimum absolute atomic E-state index is 0.131. The van der Waals surface area contributed by atoms with Crippen molar-refractivity contribution in [2.24, 2.45) is 0 Å². The Bertz CT molecular complexity index is 885. The minimum atomic E-state index is -0.461. The highest BCUT2D eigenvalue weighted by atomic mass is 32.2. The van der Waals surface area contributed by atoms with Crippen LogP contribution < -0.4 is 10.1 Å². The first-order valence-corrected chi connectivity index (χ1v) is 12.6. The van der Waals surface area contributed by atoms with Gasteiger partial charge in [0.15, 0.2) is 0 Å². The van der Waals surface area contributed by atoms with Crippen molar-refractivity contribution in [2.75, 3.05) is 37.0 Å². The smallest absolute Gasteiger partial charge is 0.235 e. The topological polar surface area (TPSA) is 41.6 Å². The molecule has 2 aromatic rings. The van der Waals surface area contributed by atoms with Crippen molar-refractivity contribution in [3.8, 4) is 5.75 Å². The second-order valence-corrected chi connectivity index (χ2v) is 10.0. The van der Waals surface area contributed by atoms with Gasteiger partial charge in [0.05, 0.1) is 12.5 Å². The first kappa shape index (κ1) is 22.2. The summed E-state index contributed by atoms with van der Waals surface area (Å²) in [4.78, 5) is 16.3. The van der Waals surface area contributed by atoms with Gasteiger partial charge in [-0.25, -0.2) is 0 Å². The molecule has 31 heavy (non-hydrogen) atoms. The number of hydrogen-bond acceptors (Lipinski definition) is 4.